The van der Waals surface area contributed by atoms with E-state index in [2.05, 4.69) is 9.97 Å². The van der Waals surface area contributed by atoms with Crippen molar-refractivity contribution in [3.63, 3.8) is 0 Å². The van der Waals surface area contributed by atoms with Gasteiger partial charge in [-0.3, -0.25) is 4.98 Å². The average Bonchev–Trinajstić information content (AvgIpc) is 2.93. The average molecular weight is 270 g/mol. The van der Waals surface area contributed by atoms with Crippen molar-refractivity contribution in [3.8, 4) is 33.3 Å². The van der Waals surface area contributed by atoms with Gasteiger partial charge in [-0.05, 0) is 30.3 Å². The first-order valence-corrected chi connectivity index (χ1v) is 6.50. The first-order chi connectivity index (χ1) is 9.24. The van der Waals surface area contributed by atoms with Gasteiger partial charge in [0.15, 0.2) is 11.5 Å². The lowest BCUT2D eigenvalue weighted by Crippen LogP contribution is -1.80. The number of aromatic nitrogens is 2. The van der Waals surface area contributed by atoms with Gasteiger partial charge < -0.3 is 10.2 Å². The molecule has 0 aliphatic rings. The molecule has 19 heavy (non-hydrogen) atoms. The van der Waals surface area contributed by atoms with Crippen molar-refractivity contribution in [1.29, 1.82) is 0 Å². The molecule has 2 aromatic heterocycles. The summed E-state index contributed by atoms with van der Waals surface area (Å²) in [6.07, 6.45) is 3.45. The summed E-state index contributed by atoms with van der Waals surface area (Å²) >= 11 is 1.52. The van der Waals surface area contributed by atoms with Crippen molar-refractivity contribution < 1.29 is 10.2 Å². The minimum Gasteiger partial charge on any atom is -0.504 e. The molecule has 3 aromatic rings. The molecule has 0 unspecified atom stereocenters. The zero-order valence-corrected chi connectivity index (χ0v) is 10.6. The molecule has 0 saturated carbocycles. The maximum Gasteiger partial charge on any atom is 0.158 e. The molecule has 5 heteroatoms. The monoisotopic (exact) mass is 270 g/mol. The van der Waals surface area contributed by atoms with Crippen LogP contribution in [0.25, 0.3) is 21.8 Å². The Morgan fingerprint density at radius 2 is 1.68 bits per heavy atom. The molecule has 1 aromatic carbocycles. The second kappa shape index (κ2) is 4.70. The number of rotatable bonds is 2. The van der Waals surface area contributed by atoms with Crippen molar-refractivity contribution in [1.82, 2.24) is 9.97 Å². The van der Waals surface area contributed by atoms with E-state index in [1.54, 1.807) is 18.5 Å². The summed E-state index contributed by atoms with van der Waals surface area (Å²) in [5, 5.41) is 21.6. The summed E-state index contributed by atoms with van der Waals surface area (Å²) < 4.78 is 0. The predicted octanol–water partition coefficient (Wildman–Crippen LogP) is 3.28. The maximum absolute atomic E-state index is 9.50. The fourth-order valence-corrected chi connectivity index (χ4v) is 2.55. The number of hydrogen-bond acceptors (Lipinski definition) is 5. The Bertz CT molecular complexity index is 710. The van der Waals surface area contributed by atoms with Gasteiger partial charge in [0.1, 0.15) is 5.01 Å². The lowest BCUT2D eigenvalue weighted by molar-refractivity contribution is 0.404. The third kappa shape index (κ3) is 2.28. The molecule has 0 saturated heterocycles. The molecule has 0 radical (unpaired) electrons. The molecule has 94 valence electrons. The van der Waals surface area contributed by atoms with Crippen LogP contribution in [0.5, 0.6) is 11.5 Å². The second-order valence-corrected chi connectivity index (χ2v) is 4.84. The highest BCUT2D eigenvalue weighted by Crippen LogP contribution is 2.33. The van der Waals surface area contributed by atoms with E-state index in [0.717, 1.165) is 21.8 Å². The Balaban J connectivity index is 1.99. The zero-order chi connectivity index (χ0) is 13.2. The molecular formula is C14H10N2O2S. The highest BCUT2D eigenvalue weighted by atomic mass is 32.1. The molecular weight excluding hydrogens is 260 g/mol. The largest absolute Gasteiger partial charge is 0.504 e. The highest BCUT2D eigenvalue weighted by Gasteiger charge is 2.08. The fraction of sp³-hybridized carbons (Fsp3) is 0. The van der Waals surface area contributed by atoms with Gasteiger partial charge in [0.2, 0.25) is 0 Å². The fourth-order valence-electron chi connectivity index (χ4n) is 1.72. The summed E-state index contributed by atoms with van der Waals surface area (Å²) in [5.41, 5.74) is 2.55. The number of phenolic OH excluding ortho intramolecular Hbond substituents is 2. The number of nitrogens with zero attached hydrogens (tertiary/aromatic N) is 2. The third-order valence-corrected chi connectivity index (χ3v) is 3.59. The smallest absolute Gasteiger partial charge is 0.158 e. The van der Waals surface area contributed by atoms with Gasteiger partial charge >= 0.3 is 0 Å². The van der Waals surface area contributed by atoms with Crippen molar-refractivity contribution in [2.45, 2.75) is 0 Å². The van der Waals surface area contributed by atoms with E-state index in [-0.39, 0.29) is 11.5 Å². The summed E-state index contributed by atoms with van der Waals surface area (Å²) in [7, 11) is 0. The van der Waals surface area contributed by atoms with E-state index in [4.69, 9.17) is 0 Å². The van der Waals surface area contributed by atoms with Crippen LogP contribution >= 0.6 is 11.3 Å². The Morgan fingerprint density at radius 3 is 2.42 bits per heavy atom. The van der Waals surface area contributed by atoms with Gasteiger partial charge in [-0.15, -0.1) is 11.3 Å². The molecule has 4 nitrogen and oxygen atoms in total. The van der Waals surface area contributed by atoms with E-state index in [1.165, 1.54) is 23.5 Å². The topological polar surface area (TPSA) is 66.2 Å². The molecule has 0 aliphatic carbocycles. The highest BCUT2D eigenvalue weighted by molar-refractivity contribution is 7.13. The lowest BCUT2D eigenvalue weighted by atomic mass is 10.1. The van der Waals surface area contributed by atoms with Gasteiger partial charge in [-0.1, -0.05) is 0 Å². The second-order valence-electron chi connectivity index (χ2n) is 3.98. The van der Waals surface area contributed by atoms with Crippen LogP contribution < -0.4 is 0 Å². The van der Waals surface area contributed by atoms with Gasteiger partial charge in [-0.25, -0.2) is 4.98 Å². The van der Waals surface area contributed by atoms with Crippen LogP contribution in [0.15, 0.2) is 48.1 Å². The number of aromatic hydroxyl groups is 2. The molecule has 0 aliphatic heterocycles. The summed E-state index contributed by atoms with van der Waals surface area (Å²) in [4.78, 5) is 8.49. The minimum atomic E-state index is -0.143. The van der Waals surface area contributed by atoms with Crippen molar-refractivity contribution >= 4 is 11.3 Å². The summed E-state index contributed by atoms with van der Waals surface area (Å²) in [6, 6.07) is 8.48. The Kier molecular flexibility index (Phi) is 2.89. The van der Waals surface area contributed by atoms with Crippen LogP contribution in [-0.2, 0) is 0 Å². The normalized spacial score (nSPS) is 10.5. The molecule has 3 rings (SSSR count). The number of thiazole rings is 1. The van der Waals surface area contributed by atoms with E-state index < -0.39 is 0 Å². The van der Waals surface area contributed by atoms with Crippen molar-refractivity contribution in [3.05, 3.63) is 48.1 Å². The summed E-state index contributed by atoms with van der Waals surface area (Å²) in [5.74, 6) is -0.274. The van der Waals surface area contributed by atoms with Crippen LogP contribution in [0, 0.1) is 0 Å². The first kappa shape index (κ1) is 11.7. The van der Waals surface area contributed by atoms with Gasteiger partial charge in [-0.2, -0.15) is 0 Å². The van der Waals surface area contributed by atoms with Crippen LogP contribution in [0.1, 0.15) is 0 Å². The molecule has 0 bridgehead atoms. The maximum atomic E-state index is 9.50. The van der Waals surface area contributed by atoms with Gasteiger partial charge in [0.05, 0.1) is 5.69 Å². The van der Waals surface area contributed by atoms with Gasteiger partial charge in [0, 0.05) is 28.9 Å². The number of pyridine rings is 1. The molecule has 0 amide bonds. The SMILES string of the molecule is Oc1ccc(-c2csc(-c3ccncc3)n2)cc1O. The summed E-state index contributed by atoms with van der Waals surface area (Å²) in [6.45, 7) is 0. The third-order valence-electron chi connectivity index (χ3n) is 2.70. The van der Waals surface area contributed by atoms with E-state index in [0.29, 0.717) is 0 Å². The van der Waals surface area contributed by atoms with E-state index in [1.807, 2.05) is 17.5 Å². The van der Waals surface area contributed by atoms with Crippen LogP contribution in [-0.4, -0.2) is 20.2 Å². The Labute approximate surface area is 113 Å². The van der Waals surface area contributed by atoms with E-state index >= 15 is 0 Å². The van der Waals surface area contributed by atoms with Crippen molar-refractivity contribution in [2.75, 3.05) is 0 Å². The quantitative estimate of drug-likeness (QED) is 0.701. The molecule has 2 N–H and O–H groups in total. The molecule has 0 spiro atoms. The standard InChI is InChI=1S/C14H10N2O2S/c17-12-2-1-10(7-13(12)18)11-8-19-14(16-11)9-3-5-15-6-4-9/h1-8,17-18H. The van der Waals surface area contributed by atoms with Crippen molar-refractivity contribution in [2.24, 2.45) is 0 Å². The first-order valence-electron chi connectivity index (χ1n) is 5.62. The Morgan fingerprint density at radius 1 is 0.895 bits per heavy atom. The molecule has 0 fully saturated rings. The lowest BCUT2D eigenvalue weighted by Gasteiger charge is -2.00. The molecule has 0 atom stereocenters. The van der Waals surface area contributed by atoms with Crippen LogP contribution in [0.4, 0.5) is 0 Å². The number of phenols is 2. The van der Waals surface area contributed by atoms with Crippen LogP contribution in [0.2, 0.25) is 0 Å². The van der Waals surface area contributed by atoms with Gasteiger partial charge in [0.25, 0.3) is 0 Å². The van der Waals surface area contributed by atoms with E-state index in [9.17, 15) is 10.2 Å². The molecule has 2 heterocycles. The number of benzene rings is 1. The number of hydrogen-bond donors (Lipinski definition) is 2. The zero-order valence-electron chi connectivity index (χ0n) is 9.82. The minimum absolute atomic E-state index is 0.131. The van der Waals surface area contributed by atoms with Crippen LogP contribution in [0.3, 0.4) is 0 Å². The Hall–Kier alpha value is -2.40. The predicted molar refractivity (Wildman–Crippen MR) is 74.1 cm³/mol.